The van der Waals surface area contributed by atoms with E-state index in [4.69, 9.17) is 25.0 Å². The molecule has 3 aliphatic heterocycles. The number of aliphatic hydroxyl groups is 1. The number of hydrogen-bond donors (Lipinski definition) is 2. The van der Waals surface area contributed by atoms with Crippen molar-refractivity contribution < 1.29 is 18.8 Å². The number of halogens is 1. The van der Waals surface area contributed by atoms with Crippen LogP contribution in [0.4, 0.5) is 15.3 Å². The lowest BCUT2D eigenvalue weighted by molar-refractivity contribution is 0.107. The van der Waals surface area contributed by atoms with Gasteiger partial charge >= 0.3 is 6.01 Å². The molecule has 3 N–H and O–H groups in total. The quantitative estimate of drug-likeness (QED) is 0.422. The predicted octanol–water partition coefficient (Wildman–Crippen LogP) is 3.00. The Bertz CT molecular complexity index is 1640. The zero-order valence-electron chi connectivity index (χ0n) is 24.1. The van der Waals surface area contributed by atoms with Gasteiger partial charge in [0.2, 0.25) is 23.5 Å². The fourth-order valence-corrected chi connectivity index (χ4v) is 9.16. The molecule has 0 aromatic carbocycles. The number of rotatable bonds is 6. The number of aryl methyl sites for hydroxylation is 1. The summed E-state index contributed by atoms with van der Waals surface area (Å²) in [4.78, 5) is 23.9. The molecule has 1 saturated carbocycles. The molecule has 12 nitrogen and oxygen atoms in total. The number of hydrogen-bond acceptors (Lipinski definition) is 13. The fourth-order valence-electron chi connectivity index (χ4n) is 7.97. The minimum absolute atomic E-state index is 0.114. The van der Waals surface area contributed by atoms with Gasteiger partial charge in [-0.25, -0.2) is 4.39 Å². The molecular formula is C29H34FN9O3S. The van der Waals surface area contributed by atoms with E-state index in [1.807, 2.05) is 11.8 Å². The zero-order chi connectivity index (χ0) is 29.6. The van der Waals surface area contributed by atoms with Crippen LogP contribution >= 0.6 is 11.3 Å². The summed E-state index contributed by atoms with van der Waals surface area (Å²) in [5.74, 6) is 1.44. The zero-order valence-corrected chi connectivity index (χ0v) is 24.9. The Kier molecular flexibility index (Phi) is 6.03. The molecule has 8 rings (SSSR count). The average molecular weight is 608 g/mol. The molecule has 14 heteroatoms. The van der Waals surface area contributed by atoms with E-state index in [0.29, 0.717) is 54.4 Å². The summed E-state index contributed by atoms with van der Waals surface area (Å²) in [6, 6.07) is 2.39. The molecule has 0 spiro atoms. The second kappa shape index (κ2) is 9.54. The third-order valence-corrected chi connectivity index (χ3v) is 11.5. The monoisotopic (exact) mass is 607 g/mol. The minimum atomic E-state index is -0.867. The maximum absolute atomic E-state index is 14.4. The summed E-state index contributed by atoms with van der Waals surface area (Å²) in [5.41, 5.74) is 5.79. The molecule has 3 saturated heterocycles. The fraction of sp³-hybridized carbons (Fsp3) is 0.655. The van der Waals surface area contributed by atoms with Crippen LogP contribution in [0.3, 0.4) is 0 Å². The minimum Gasteiger partial charge on any atom is -0.461 e. The van der Waals surface area contributed by atoms with E-state index in [0.717, 1.165) is 61.9 Å². The van der Waals surface area contributed by atoms with Crippen molar-refractivity contribution in [3.05, 3.63) is 21.9 Å². The van der Waals surface area contributed by atoms with Gasteiger partial charge in [-0.15, -0.1) is 11.3 Å². The Morgan fingerprint density at radius 3 is 2.91 bits per heavy atom. The molecule has 226 valence electrons. The first-order chi connectivity index (χ1) is 20.7. The number of anilines is 2. The van der Waals surface area contributed by atoms with Crippen molar-refractivity contribution in [2.45, 2.75) is 81.0 Å². The highest BCUT2D eigenvalue weighted by molar-refractivity contribution is 7.16. The molecule has 6 heterocycles. The van der Waals surface area contributed by atoms with Crippen LogP contribution in [0.2, 0.25) is 0 Å². The first-order valence-corrected chi connectivity index (χ1v) is 15.9. The maximum Gasteiger partial charge on any atom is 0.321 e. The Labute approximate surface area is 252 Å². The van der Waals surface area contributed by atoms with Crippen LogP contribution in [0, 0.1) is 17.2 Å². The predicted molar refractivity (Wildman–Crippen MR) is 154 cm³/mol. The smallest absolute Gasteiger partial charge is 0.321 e. The normalized spacial score (nSPS) is 33.1. The number of nitrogens with zero attached hydrogens (tertiary/aromatic N) is 8. The van der Waals surface area contributed by atoms with Gasteiger partial charge in [0, 0.05) is 36.5 Å². The topological polar surface area (TPSA) is 163 Å². The lowest BCUT2D eigenvalue weighted by Gasteiger charge is -2.31. The molecule has 5 aliphatic rings. The summed E-state index contributed by atoms with van der Waals surface area (Å²) in [6.07, 6.45) is 5.55. The van der Waals surface area contributed by atoms with Gasteiger partial charge in [0.15, 0.2) is 0 Å². The number of piperidine rings is 1. The van der Waals surface area contributed by atoms with E-state index in [9.17, 15) is 14.8 Å². The van der Waals surface area contributed by atoms with E-state index in [1.54, 1.807) is 0 Å². The Morgan fingerprint density at radius 1 is 1.19 bits per heavy atom. The van der Waals surface area contributed by atoms with Crippen LogP contribution in [0.25, 0.3) is 11.6 Å². The van der Waals surface area contributed by atoms with Crippen molar-refractivity contribution in [3.63, 3.8) is 0 Å². The molecule has 0 radical (unpaired) electrons. The molecule has 4 fully saturated rings. The van der Waals surface area contributed by atoms with E-state index in [2.05, 4.69) is 26.1 Å². The summed E-state index contributed by atoms with van der Waals surface area (Å²) >= 11 is 1.45. The van der Waals surface area contributed by atoms with Crippen LogP contribution in [0.1, 0.15) is 73.8 Å². The maximum atomic E-state index is 14.4. The van der Waals surface area contributed by atoms with Gasteiger partial charge < -0.3 is 25.0 Å². The van der Waals surface area contributed by atoms with Gasteiger partial charge in [-0.3, -0.25) is 4.90 Å². The second-order valence-corrected chi connectivity index (χ2v) is 14.3. The number of nitriles is 1. The third kappa shape index (κ3) is 4.30. The van der Waals surface area contributed by atoms with Gasteiger partial charge in [-0.05, 0) is 64.3 Å². The lowest BCUT2D eigenvalue weighted by atomic mass is 9.72. The van der Waals surface area contributed by atoms with Crippen LogP contribution in [0.5, 0.6) is 6.01 Å². The Balaban J connectivity index is 1.14. The van der Waals surface area contributed by atoms with Crippen LogP contribution in [-0.2, 0) is 11.8 Å². The van der Waals surface area contributed by atoms with E-state index < -0.39 is 17.2 Å². The van der Waals surface area contributed by atoms with Crippen LogP contribution in [0.15, 0.2) is 4.52 Å². The van der Waals surface area contributed by atoms with Gasteiger partial charge in [0.1, 0.15) is 23.8 Å². The standard InChI is InChI=1S/C29H34FN9O3S/c1-27(6-2-4-19-20(27)18(12-31)21(32)43-19)24-33-23(37-42-24)22-34-25(38-9-5-16-10-29(16,40)14-38)36-26(35-22)41-15-28-7-3-8-39(28)13-17(30)11-28/h16-17,40H,2-11,13-15,32H2,1H3/t16-,17-,27+,28+,29+/m1/s1. The van der Waals surface area contributed by atoms with Crippen molar-refractivity contribution >= 4 is 22.3 Å². The average Bonchev–Trinajstić information content (AvgIpc) is 3.43. The third-order valence-electron chi connectivity index (χ3n) is 10.4. The first-order valence-electron chi connectivity index (χ1n) is 15.1. The molecule has 5 atom stereocenters. The lowest BCUT2D eigenvalue weighted by Crippen LogP contribution is -2.44. The summed E-state index contributed by atoms with van der Waals surface area (Å²) < 4.78 is 26.5. The van der Waals surface area contributed by atoms with Crippen molar-refractivity contribution in [2.24, 2.45) is 5.92 Å². The van der Waals surface area contributed by atoms with Crippen molar-refractivity contribution in [1.29, 1.82) is 5.26 Å². The SMILES string of the molecule is C[C@]1(c2nc(-c3nc(OC[C@@]45CCCN4C[C@H](F)C5)nc(N4CC[C@@H]5C[C@]5(O)C4)n3)no2)CCCc2sc(N)c(C#N)c21. The number of β-amino-alcohol motifs (C(OH)–C–C–N with tert-alkyl or cyclic N) is 1. The van der Waals surface area contributed by atoms with E-state index in [-0.39, 0.29) is 29.8 Å². The second-order valence-electron chi connectivity index (χ2n) is 13.2. The molecule has 3 aromatic heterocycles. The van der Waals surface area contributed by atoms with Gasteiger partial charge in [-0.2, -0.15) is 25.2 Å². The van der Waals surface area contributed by atoms with Crippen molar-refractivity contribution in [3.8, 4) is 23.7 Å². The molecular weight excluding hydrogens is 573 g/mol. The van der Waals surface area contributed by atoms with Crippen LogP contribution in [-0.4, -0.2) is 85.2 Å². The van der Waals surface area contributed by atoms with E-state index >= 15 is 0 Å². The number of thiophene rings is 1. The highest BCUT2D eigenvalue weighted by Crippen LogP contribution is 2.50. The van der Waals surface area contributed by atoms with Gasteiger partial charge in [0.25, 0.3) is 0 Å². The molecule has 0 bridgehead atoms. The number of fused-ring (bicyclic) bond motifs is 3. The first kappa shape index (κ1) is 27.2. The highest BCUT2D eigenvalue weighted by Gasteiger charge is 2.56. The summed E-state index contributed by atoms with van der Waals surface area (Å²) in [5, 5.41) is 25.5. The number of aromatic nitrogens is 5. The van der Waals surface area contributed by atoms with Crippen LogP contribution < -0.4 is 15.4 Å². The Hall–Kier alpha value is -3.41. The van der Waals surface area contributed by atoms with Crippen molar-refractivity contribution in [1.82, 2.24) is 30.0 Å². The molecule has 0 amide bonds. The summed E-state index contributed by atoms with van der Waals surface area (Å²) in [6.45, 7) is 4.70. The molecule has 43 heavy (non-hydrogen) atoms. The number of nitrogen functional groups attached to an aromatic ring is 1. The largest absolute Gasteiger partial charge is 0.461 e. The number of alkyl halides is 1. The molecule has 3 aromatic rings. The van der Waals surface area contributed by atoms with Gasteiger partial charge in [0.05, 0.1) is 22.1 Å². The Morgan fingerprint density at radius 2 is 2.07 bits per heavy atom. The number of ether oxygens (including phenoxy) is 1. The van der Waals surface area contributed by atoms with Crippen molar-refractivity contribution in [2.75, 3.05) is 43.4 Å². The molecule has 2 aliphatic carbocycles. The number of nitrogens with two attached hydrogens (primary N) is 1. The molecule has 0 unspecified atom stereocenters. The van der Waals surface area contributed by atoms with Gasteiger partial charge in [-0.1, -0.05) is 5.16 Å². The highest BCUT2D eigenvalue weighted by atomic mass is 32.1. The van der Waals surface area contributed by atoms with E-state index in [1.165, 1.54) is 11.3 Å². The summed E-state index contributed by atoms with van der Waals surface area (Å²) in [7, 11) is 0.